The Kier molecular flexibility index (Phi) is 7.72. The van der Waals surface area contributed by atoms with Crippen LogP contribution in [0.15, 0.2) is 36.5 Å². The third kappa shape index (κ3) is 5.34. The second-order valence-electron chi connectivity index (χ2n) is 2.48. The molecule has 7 heteroatoms. The summed E-state index contributed by atoms with van der Waals surface area (Å²) in [6.07, 6.45) is 1.95. The number of benzene rings is 1. The summed E-state index contributed by atoms with van der Waals surface area (Å²) in [5.74, 6) is 0. The van der Waals surface area contributed by atoms with E-state index < -0.39 is 7.32 Å². The van der Waals surface area contributed by atoms with Crippen molar-refractivity contribution in [1.82, 2.24) is 4.98 Å². The van der Waals surface area contributed by atoms with Crippen molar-refractivity contribution < 1.29 is 49.7 Å². The summed E-state index contributed by atoms with van der Waals surface area (Å²) in [4.78, 5) is 5.87. The molecular weight excluding hydrogens is 208 g/mol. The Labute approximate surface area is 109 Å². The predicted octanol–water partition coefficient (Wildman–Crippen LogP) is -3.01. The monoisotopic (exact) mass is 217 g/mol. The maximum atomic E-state index is 8.98. The van der Waals surface area contributed by atoms with Gasteiger partial charge in [0, 0.05) is 11.7 Å². The maximum Gasteiger partial charge on any atom is 1.00 e. The zero-order valence-corrected chi connectivity index (χ0v) is 10.3. The van der Waals surface area contributed by atoms with Gasteiger partial charge in [0.25, 0.3) is 0 Å². The van der Waals surface area contributed by atoms with E-state index in [0.29, 0.717) is 0 Å². The number of hydrogen-bond acceptors (Lipinski definition) is 4. The fourth-order valence-electron chi connectivity index (χ4n) is 0.995. The molecule has 0 fully saturated rings. The summed E-state index contributed by atoms with van der Waals surface area (Å²) in [7, 11) is -2.31. The molecule has 0 saturated heterocycles. The van der Waals surface area contributed by atoms with Crippen LogP contribution in [0, 0.1) is 0 Å². The normalized spacial score (nSPS) is 8.73. The molecule has 0 aliphatic rings. The Morgan fingerprint density at radius 1 is 1.27 bits per heavy atom. The number of hydrogen-bond donors (Lipinski definition) is 3. The van der Waals surface area contributed by atoms with Gasteiger partial charge in [-0.1, -0.05) is 18.2 Å². The van der Waals surface area contributed by atoms with Crippen molar-refractivity contribution in [2.75, 3.05) is 0 Å². The molecule has 0 saturated carbocycles. The fraction of sp³-hybridized carbons (Fsp3) is 0. The average Bonchev–Trinajstić information content (AvgIpc) is 2.66. The number of rotatable bonds is 1. The van der Waals surface area contributed by atoms with Gasteiger partial charge in [-0.2, -0.15) is 0 Å². The van der Waals surface area contributed by atoms with Crippen LogP contribution in [0.5, 0.6) is 0 Å². The summed E-state index contributed by atoms with van der Waals surface area (Å²) in [5, 5.41) is 24.7. The van der Waals surface area contributed by atoms with Crippen molar-refractivity contribution in [2.45, 2.75) is 0 Å². The van der Waals surface area contributed by atoms with Crippen LogP contribution in [0.25, 0.3) is 10.9 Å². The third-order valence-electron chi connectivity index (χ3n) is 1.55. The minimum atomic E-state index is -2.31. The van der Waals surface area contributed by atoms with E-state index in [1.807, 2.05) is 18.3 Å². The molecular formula is C8H9BNNaO4. The maximum absolute atomic E-state index is 8.98. The van der Waals surface area contributed by atoms with Gasteiger partial charge in [0.05, 0.1) is 0 Å². The van der Waals surface area contributed by atoms with E-state index >= 15 is 0 Å². The number of H-pyrrole nitrogens is 1. The zero-order valence-electron chi connectivity index (χ0n) is 8.25. The molecule has 1 aromatic carbocycles. The van der Waals surface area contributed by atoms with Gasteiger partial charge in [-0.3, -0.25) is 10.1 Å². The van der Waals surface area contributed by atoms with E-state index in [9.17, 15) is 0 Å². The first-order chi connectivity index (χ1) is 6.74. The Hall–Kier alpha value is -0.335. The van der Waals surface area contributed by atoms with Crippen LogP contribution in [0.2, 0.25) is 0 Å². The SMILES string of the molecule is [Na+].[O-]B(O)OO.c1ccc2[nH]ccc2c1. The number of aromatic amines is 1. The van der Waals surface area contributed by atoms with Gasteiger partial charge >= 0.3 is 36.9 Å². The minimum Gasteiger partial charge on any atom is -0.830 e. The summed E-state index contributed by atoms with van der Waals surface area (Å²) in [5.41, 5.74) is 1.21. The summed E-state index contributed by atoms with van der Waals surface area (Å²) < 4.78 is 0. The molecule has 74 valence electrons. The Bertz CT molecular complexity index is 351. The van der Waals surface area contributed by atoms with Crippen molar-refractivity contribution in [1.29, 1.82) is 0 Å². The Balaban J connectivity index is 0.000000289. The molecule has 0 unspecified atom stereocenters. The third-order valence-corrected chi connectivity index (χ3v) is 1.55. The number of aromatic nitrogens is 1. The van der Waals surface area contributed by atoms with Crippen LogP contribution in [0.1, 0.15) is 0 Å². The smallest absolute Gasteiger partial charge is 0.830 e. The van der Waals surface area contributed by atoms with Gasteiger partial charge in [-0.05, 0) is 17.5 Å². The fourth-order valence-corrected chi connectivity index (χ4v) is 0.995. The molecule has 5 nitrogen and oxygen atoms in total. The first-order valence-corrected chi connectivity index (χ1v) is 3.90. The number of nitrogens with one attached hydrogen (secondary N) is 1. The van der Waals surface area contributed by atoms with Crippen LogP contribution in [0.4, 0.5) is 0 Å². The molecule has 1 aromatic heterocycles. The van der Waals surface area contributed by atoms with Crippen molar-refractivity contribution in [3.63, 3.8) is 0 Å². The van der Waals surface area contributed by atoms with E-state index in [4.69, 9.17) is 15.3 Å². The number of fused-ring (bicyclic) bond motifs is 1. The van der Waals surface area contributed by atoms with Gasteiger partial charge in [0.2, 0.25) is 0 Å². The van der Waals surface area contributed by atoms with E-state index in [1.165, 1.54) is 10.9 Å². The summed E-state index contributed by atoms with van der Waals surface area (Å²) in [6.45, 7) is 0. The van der Waals surface area contributed by atoms with Crippen LogP contribution in [0.3, 0.4) is 0 Å². The van der Waals surface area contributed by atoms with Crippen LogP contribution < -0.4 is 34.6 Å². The van der Waals surface area contributed by atoms with E-state index in [2.05, 4.69) is 28.0 Å². The summed E-state index contributed by atoms with van der Waals surface area (Å²) >= 11 is 0. The van der Waals surface area contributed by atoms with Crippen molar-refractivity contribution in [3.05, 3.63) is 36.5 Å². The first kappa shape index (κ1) is 14.7. The topological polar surface area (TPSA) is 88.5 Å². The molecule has 3 N–H and O–H groups in total. The molecule has 15 heavy (non-hydrogen) atoms. The second-order valence-corrected chi connectivity index (χ2v) is 2.48. The quantitative estimate of drug-likeness (QED) is 0.269. The first-order valence-electron chi connectivity index (χ1n) is 3.90. The Morgan fingerprint density at radius 2 is 1.87 bits per heavy atom. The van der Waals surface area contributed by atoms with E-state index in [0.717, 1.165) is 0 Å². The largest absolute Gasteiger partial charge is 1.00 e. The standard InChI is InChI=1S/C8H7N.BH2O4.Na/c1-2-4-8-7(3-1)5-6-9-8;2-1(3)5-4;/h1-6,9H;2,4H;/q;-1;+1. The second kappa shape index (κ2) is 7.89. The average molecular weight is 217 g/mol. The zero-order chi connectivity index (χ0) is 10.4. The van der Waals surface area contributed by atoms with Crippen molar-refractivity contribution >= 4 is 18.2 Å². The molecule has 2 aromatic rings. The van der Waals surface area contributed by atoms with Gasteiger partial charge in [0.1, 0.15) is 0 Å². The van der Waals surface area contributed by atoms with Crippen molar-refractivity contribution in [3.8, 4) is 0 Å². The summed E-state index contributed by atoms with van der Waals surface area (Å²) in [6, 6.07) is 10.3. The van der Waals surface area contributed by atoms with E-state index in [1.54, 1.807) is 0 Å². The molecule has 0 amide bonds. The van der Waals surface area contributed by atoms with E-state index in [-0.39, 0.29) is 29.6 Å². The molecule has 0 bridgehead atoms. The van der Waals surface area contributed by atoms with Crippen LogP contribution in [-0.2, 0) is 4.81 Å². The van der Waals surface area contributed by atoms with Crippen LogP contribution in [-0.4, -0.2) is 22.6 Å². The minimum absolute atomic E-state index is 0. The molecule has 2 rings (SSSR count). The molecule has 1 heterocycles. The molecule has 0 aliphatic carbocycles. The molecule has 0 atom stereocenters. The van der Waals surface area contributed by atoms with Crippen LogP contribution >= 0.6 is 0 Å². The molecule has 0 aliphatic heterocycles. The molecule has 0 radical (unpaired) electrons. The predicted molar refractivity (Wildman–Crippen MR) is 50.0 cm³/mol. The van der Waals surface area contributed by atoms with Gasteiger partial charge in [-0.25, -0.2) is 0 Å². The van der Waals surface area contributed by atoms with Gasteiger partial charge < -0.3 is 15.0 Å². The number of para-hydroxylation sites is 1. The molecule has 0 spiro atoms. The Morgan fingerprint density at radius 3 is 2.40 bits per heavy atom. The van der Waals surface area contributed by atoms with Gasteiger partial charge in [-0.15, -0.1) is 0 Å². The van der Waals surface area contributed by atoms with Crippen molar-refractivity contribution in [2.24, 2.45) is 0 Å². The van der Waals surface area contributed by atoms with Gasteiger partial charge in [0.15, 0.2) is 0 Å².